The fourth-order valence-electron chi connectivity index (χ4n) is 2.01. The highest BCUT2D eigenvalue weighted by Gasteiger charge is 2.24. The van der Waals surface area contributed by atoms with Gasteiger partial charge < -0.3 is 9.15 Å². The van der Waals surface area contributed by atoms with Gasteiger partial charge in [-0.05, 0) is 12.0 Å². The van der Waals surface area contributed by atoms with Crippen LogP contribution < -0.4 is 5.63 Å². The highest BCUT2D eigenvalue weighted by Crippen LogP contribution is 2.23. The summed E-state index contributed by atoms with van der Waals surface area (Å²) in [6.45, 7) is 0. The van der Waals surface area contributed by atoms with Crippen LogP contribution in [0, 0.1) is 0 Å². The molecule has 90 valence electrons. The van der Waals surface area contributed by atoms with Gasteiger partial charge in [-0.2, -0.15) is 0 Å². The van der Waals surface area contributed by atoms with Crippen molar-refractivity contribution < 1.29 is 18.7 Å². The summed E-state index contributed by atoms with van der Waals surface area (Å²) in [6, 6.07) is 1.19. The first kappa shape index (κ1) is 11.6. The van der Waals surface area contributed by atoms with E-state index in [9.17, 15) is 14.4 Å². The van der Waals surface area contributed by atoms with Crippen molar-refractivity contribution in [2.75, 3.05) is 7.11 Å². The zero-order valence-electron chi connectivity index (χ0n) is 9.45. The number of carbonyl (C=O) groups excluding carboxylic acids is 2. The molecule has 5 nitrogen and oxygen atoms in total. The van der Waals surface area contributed by atoms with Crippen LogP contribution in [-0.4, -0.2) is 18.9 Å². The molecule has 1 heterocycles. The fraction of sp³-hybridized carbons (Fsp3) is 0.417. The molecule has 0 N–H and O–H groups in total. The van der Waals surface area contributed by atoms with E-state index in [-0.39, 0.29) is 12.2 Å². The van der Waals surface area contributed by atoms with Crippen LogP contribution in [0.1, 0.15) is 34.5 Å². The summed E-state index contributed by atoms with van der Waals surface area (Å²) < 4.78 is 9.53. The Morgan fingerprint density at radius 2 is 2.18 bits per heavy atom. The standard InChI is InChI=1S/C12H12O5/c1-16-10(14)5-7-6-11(15)17-9-4-2-3-8(13)12(7)9/h6H,2-5H2,1H3. The molecule has 0 saturated carbocycles. The number of Topliss-reactive ketones (excluding diaryl/α,β-unsaturated/α-hetero) is 1. The molecular formula is C12H12O5. The average Bonchev–Trinajstić information content (AvgIpc) is 2.28. The minimum atomic E-state index is -0.530. The Morgan fingerprint density at radius 3 is 2.88 bits per heavy atom. The van der Waals surface area contributed by atoms with E-state index in [4.69, 9.17) is 4.42 Å². The van der Waals surface area contributed by atoms with E-state index in [1.807, 2.05) is 0 Å². The van der Waals surface area contributed by atoms with Crippen LogP contribution >= 0.6 is 0 Å². The number of fused-ring (bicyclic) bond motifs is 1. The fourth-order valence-corrected chi connectivity index (χ4v) is 2.01. The maximum absolute atomic E-state index is 11.8. The molecule has 0 amide bonds. The number of ketones is 1. The number of methoxy groups -OCH3 is 1. The van der Waals surface area contributed by atoms with Crippen molar-refractivity contribution in [3.05, 3.63) is 33.4 Å². The van der Waals surface area contributed by atoms with E-state index in [1.54, 1.807) is 0 Å². The molecule has 0 aromatic carbocycles. The lowest BCUT2D eigenvalue weighted by atomic mass is 9.91. The van der Waals surface area contributed by atoms with E-state index < -0.39 is 11.6 Å². The van der Waals surface area contributed by atoms with Crippen molar-refractivity contribution in [1.82, 2.24) is 0 Å². The molecule has 0 atom stereocenters. The Hall–Kier alpha value is -1.91. The van der Waals surface area contributed by atoms with E-state index in [2.05, 4.69) is 4.74 Å². The third-order valence-electron chi connectivity index (χ3n) is 2.76. The zero-order valence-corrected chi connectivity index (χ0v) is 9.45. The molecule has 2 rings (SSSR count). The first-order valence-corrected chi connectivity index (χ1v) is 5.37. The summed E-state index contributed by atoms with van der Waals surface area (Å²) in [5.74, 6) is -0.155. The van der Waals surface area contributed by atoms with Crippen LogP contribution in [0.4, 0.5) is 0 Å². The second-order valence-corrected chi connectivity index (χ2v) is 3.92. The number of hydrogen-bond acceptors (Lipinski definition) is 5. The van der Waals surface area contributed by atoms with Gasteiger partial charge in [-0.25, -0.2) is 4.79 Å². The maximum atomic E-state index is 11.8. The molecule has 0 spiro atoms. The van der Waals surface area contributed by atoms with E-state index in [0.717, 1.165) is 0 Å². The van der Waals surface area contributed by atoms with Crippen molar-refractivity contribution in [3.63, 3.8) is 0 Å². The summed E-state index contributed by atoms with van der Waals surface area (Å²) in [5.41, 5.74) is 0.270. The third-order valence-corrected chi connectivity index (χ3v) is 2.76. The Labute approximate surface area is 97.4 Å². The summed E-state index contributed by atoms with van der Waals surface area (Å²) >= 11 is 0. The molecule has 0 unspecified atom stereocenters. The quantitative estimate of drug-likeness (QED) is 0.712. The van der Waals surface area contributed by atoms with E-state index >= 15 is 0 Å². The van der Waals surface area contributed by atoms with Gasteiger partial charge in [0.1, 0.15) is 5.76 Å². The maximum Gasteiger partial charge on any atom is 0.336 e. The summed E-state index contributed by atoms with van der Waals surface area (Å²) in [7, 11) is 1.27. The number of rotatable bonds is 2. The summed E-state index contributed by atoms with van der Waals surface area (Å²) in [5, 5.41) is 0. The van der Waals surface area contributed by atoms with Crippen molar-refractivity contribution in [2.24, 2.45) is 0 Å². The molecule has 0 bridgehead atoms. The molecule has 1 aromatic rings. The van der Waals surface area contributed by atoms with Crippen LogP contribution in [0.3, 0.4) is 0 Å². The summed E-state index contributed by atoms with van der Waals surface area (Å²) in [6.07, 6.45) is 1.59. The summed E-state index contributed by atoms with van der Waals surface area (Å²) in [4.78, 5) is 34.3. The number of ether oxygens (including phenoxy) is 1. The molecule has 0 saturated heterocycles. The molecular weight excluding hydrogens is 224 g/mol. The Balaban J connectivity index is 2.50. The van der Waals surface area contributed by atoms with Crippen LogP contribution in [0.2, 0.25) is 0 Å². The van der Waals surface area contributed by atoms with Gasteiger partial charge in [-0.3, -0.25) is 9.59 Å². The smallest absolute Gasteiger partial charge is 0.336 e. The van der Waals surface area contributed by atoms with Gasteiger partial charge in [-0.15, -0.1) is 0 Å². The van der Waals surface area contributed by atoms with E-state index in [0.29, 0.717) is 36.1 Å². The molecule has 0 radical (unpaired) electrons. The molecule has 0 aliphatic heterocycles. The Morgan fingerprint density at radius 1 is 1.41 bits per heavy atom. The predicted molar refractivity (Wildman–Crippen MR) is 58.0 cm³/mol. The highest BCUT2D eigenvalue weighted by atomic mass is 16.5. The van der Waals surface area contributed by atoms with Gasteiger partial charge in [-0.1, -0.05) is 0 Å². The van der Waals surface area contributed by atoms with Gasteiger partial charge in [0.15, 0.2) is 5.78 Å². The van der Waals surface area contributed by atoms with Gasteiger partial charge in [0, 0.05) is 18.9 Å². The van der Waals surface area contributed by atoms with Crippen molar-refractivity contribution in [2.45, 2.75) is 25.7 Å². The number of hydrogen-bond donors (Lipinski definition) is 0. The minimum Gasteiger partial charge on any atom is -0.469 e. The largest absolute Gasteiger partial charge is 0.469 e. The van der Waals surface area contributed by atoms with E-state index in [1.165, 1.54) is 13.2 Å². The van der Waals surface area contributed by atoms with Crippen LogP contribution in [0.25, 0.3) is 0 Å². The van der Waals surface area contributed by atoms with Crippen LogP contribution in [0.15, 0.2) is 15.3 Å². The predicted octanol–water partition coefficient (Wildman–Crippen LogP) is 0.874. The first-order valence-electron chi connectivity index (χ1n) is 5.37. The number of aryl methyl sites for hydroxylation is 1. The molecule has 1 aromatic heterocycles. The minimum absolute atomic E-state index is 0.0732. The van der Waals surface area contributed by atoms with Crippen molar-refractivity contribution in [1.29, 1.82) is 0 Å². The molecule has 1 aliphatic carbocycles. The number of esters is 1. The van der Waals surface area contributed by atoms with Gasteiger partial charge in [0.25, 0.3) is 0 Å². The SMILES string of the molecule is COC(=O)Cc1cc(=O)oc2c1C(=O)CCC2. The highest BCUT2D eigenvalue weighted by molar-refractivity contribution is 6.00. The van der Waals surface area contributed by atoms with Gasteiger partial charge in [0.2, 0.25) is 0 Å². The topological polar surface area (TPSA) is 73.6 Å². The normalized spacial score (nSPS) is 14.3. The second kappa shape index (κ2) is 4.53. The van der Waals surface area contributed by atoms with Crippen molar-refractivity contribution in [3.8, 4) is 0 Å². The second-order valence-electron chi connectivity index (χ2n) is 3.92. The van der Waals surface area contributed by atoms with Crippen LogP contribution in [0.5, 0.6) is 0 Å². The monoisotopic (exact) mass is 236 g/mol. The molecule has 0 fully saturated rings. The zero-order chi connectivity index (χ0) is 12.4. The third kappa shape index (κ3) is 2.27. The van der Waals surface area contributed by atoms with Gasteiger partial charge in [0.05, 0.1) is 19.1 Å². The van der Waals surface area contributed by atoms with Gasteiger partial charge >= 0.3 is 11.6 Å². The number of carbonyl (C=O) groups is 2. The first-order chi connectivity index (χ1) is 8.11. The molecule has 17 heavy (non-hydrogen) atoms. The Kier molecular flexibility index (Phi) is 3.08. The lowest BCUT2D eigenvalue weighted by molar-refractivity contribution is -0.139. The lowest BCUT2D eigenvalue weighted by Crippen LogP contribution is -2.20. The Bertz CT molecular complexity index is 526. The molecule has 1 aliphatic rings. The van der Waals surface area contributed by atoms with Crippen molar-refractivity contribution >= 4 is 11.8 Å². The lowest BCUT2D eigenvalue weighted by Gasteiger charge is -2.15. The van der Waals surface area contributed by atoms with Crippen LogP contribution in [-0.2, 0) is 22.4 Å². The molecule has 5 heteroatoms. The average molecular weight is 236 g/mol.